The molecule has 1 aromatic rings. The Hall–Kier alpha value is -1.68. The van der Waals surface area contributed by atoms with Gasteiger partial charge in [0.25, 0.3) is 5.91 Å². The number of hydrogen-bond donors (Lipinski definition) is 0. The van der Waals surface area contributed by atoms with E-state index in [1.165, 1.54) is 5.56 Å². The summed E-state index contributed by atoms with van der Waals surface area (Å²) in [6.45, 7) is 2.33. The average Bonchev–Trinajstić information content (AvgIpc) is 2.86. The number of fused-ring (bicyclic) bond motifs is 1. The van der Waals surface area contributed by atoms with Crippen molar-refractivity contribution >= 4 is 11.7 Å². The lowest BCUT2D eigenvalue weighted by atomic mass is 10.0. The van der Waals surface area contributed by atoms with E-state index >= 15 is 0 Å². The highest BCUT2D eigenvalue weighted by Crippen LogP contribution is 2.22. The number of likely N-dealkylation sites (tertiary alicyclic amines) is 1. The number of Topliss-reactive ketones (excluding diaryl/α,β-unsaturated/α-hetero) is 1. The van der Waals surface area contributed by atoms with E-state index in [0.717, 1.165) is 5.56 Å². The number of amides is 1. The molecule has 1 saturated heterocycles. The molecule has 4 nitrogen and oxygen atoms in total. The van der Waals surface area contributed by atoms with Crippen LogP contribution in [0.3, 0.4) is 0 Å². The van der Waals surface area contributed by atoms with Gasteiger partial charge in [-0.3, -0.25) is 9.59 Å². The molecule has 1 aromatic carbocycles. The van der Waals surface area contributed by atoms with Crippen molar-refractivity contribution in [2.24, 2.45) is 0 Å². The maximum absolute atomic E-state index is 12.3. The van der Waals surface area contributed by atoms with Crippen molar-refractivity contribution in [2.45, 2.75) is 26.1 Å². The maximum atomic E-state index is 12.3. The zero-order valence-electron chi connectivity index (χ0n) is 10.1. The fourth-order valence-electron chi connectivity index (χ4n) is 2.45. The second-order valence-corrected chi connectivity index (χ2v) is 4.81. The molecule has 3 rings (SSSR count). The number of carbonyl (C=O) groups excluding carboxylic acids is 2. The monoisotopic (exact) mass is 245 g/mol. The van der Waals surface area contributed by atoms with Crippen molar-refractivity contribution in [3.05, 3.63) is 34.9 Å². The second kappa shape index (κ2) is 4.53. The smallest absolute Gasteiger partial charge is 0.253 e. The summed E-state index contributed by atoms with van der Waals surface area (Å²) in [4.78, 5) is 25.2. The molecule has 0 unspecified atom stereocenters. The third-order valence-electron chi connectivity index (χ3n) is 3.58. The van der Waals surface area contributed by atoms with Crippen molar-refractivity contribution in [1.82, 2.24) is 4.90 Å². The van der Waals surface area contributed by atoms with Gasteiger partial charge in [0.1, 0.15) is 5.78 Å². The molecule has 0 saturated carbocycles. The van der Waals surface area contributed by atoms with Gasteiger partial charge in [0.15, 0.2) is 0 Å². The van der Waals surface area contributed by atoms with E-state index < -0.39 is 0 Å². The predicted octanol–water partition coefficient (Wildman–Crippen LogP) is 1.52. The number of piperidine rings is 1. The van der Waals surface area contributed by atoms with Gasteiger partial charge in [-0.1, -0.05) is 6.07 Å². The third kappa shape index (κ3) is 2.04. The van der Waals surface area contributed by atoms with Crippen LogP contribution in [0, 0.1) is 0 Å². The summed E-state index contributed by atoms with van der Waals surface area (Å²) < 4.78 is 5.34. The minimum atomic E-state index is 0.0252. The van der Waals surface area contributed by atoms with Gasteiger partial charge in [-0.2, -0.15) is 0 Å². The summed E-state index contributed by atoms with van der Waals surface area (Å²) in [7, 11) is 0. The molecule has 94 valence electrons. The molecular weight excluding hydrogens is 230 g/mol. The van der Waals surface area contributed by atoms with Crippen molar-refractivity contribution in [3.8, 4) is 0 Å². The van der Waals surface area contributed by atoms with E-state index in [-0.39, 0.29) is 11.7 Å². The van der Waals surface area contributed by atoms with Gasteiger partial charge in [0, 0.05) is 31.5 Å². The Morgan fingerprint density at radius 1 is 1.11 bits per heavy atom. The minimum absolute atomic E-state index is 0.0252. The first-order valence-electron chi connectivity index (χ1n) is 6.24. The minimum Gasteiger partial charge on any atom is -0.372 e. The van der Waals surface area contributed by atoms with E-state index in [1.54, 1.807) is 4.90 Å². The number of benzene rings is 1. The molecule has 1 fully saturated rings. The molecule has 0 aromatic heterocycles. The molecular formula is C14H15NO3. The summed E-state index contributed by atoms with van der Waals surface area (Å²) >= 11 is 0. The van der Waals surface area contributed by atoms with Crippen LogP contribution in [0.15, 0.2) is 18.2 Å². The average molecular weight is 245 g/mol. The van der Waals surface area contributed by atoms with Gasteiger partial charge < -0.3 is 9.64 Å². The zero-order valence-corrected chi connectivity index (χ0v) is 10.1. The van der Waals surface area contributed by atoms with Gasteiger partial charge in [0.05, 0.1) is 13.2 Å². The first-order chi connectivity index (χ1) is 8.74. The Kier molecular flexibility index (Phi) is 2.88. The lowest BCUT2D eigenvalue weighted by Crippen LogP contribution is -2.38. The quantitative estimate of drug-likeness (QED) is 0.753. The molecule has 2 heterocycles. The highest BCUT2D eigenvalue weighted by atomic mass is 16.5. The second-order valence-electron chi connectivity index (χ2n) is 4.81. The standard InChI is InChI=1S/C14H15NO3/c16-13-3-5-15(6-4-13)14(17)10-1-2-11-8-18-9-12(11)7-10/h1-2,7H,3-6,8-9H2. The van der Waals surface area contributed by atoms with Crippen LogP contribution < -0.4 is 0 Å². The Balaban J connectivity index is 1.78. The summed E-state index contributed by atoms with van der Waals surface area (Å²) in [6.07, 6.45) is 0.972. The van der Waals surface area contributed by atoms with Crippen LogP contribution in [-0.2, 0) is 22.7 Å². The van der Waals surface area contributed by atoms with Gasteiger partial charge in [-0.05, 0) is 23.3 Å². The number of rotatable bonds is 1. The third-order valence-corrected chi connectivity index (χ3v) is 3.58. The van der Waals surface area contributed by atoms with E-state index in [0.29, 0.717) is 44.7 Å². The van der Waals surface area contributed by atoms with E-state index in [1.807, 2.05) is 18.2 Å². The van der Waals surface area contributed by atoms with Gasteiger partial charge >= 0.3 is 0 Å². The molecule has 0 atom stereocenters. The molecule has 0 bridgehead atoms. The SMILES string of the molecule is O=C1CCN(C(=O)c2ccc3c(c2)COC3)CC1. The molecule has 2 aliphatic heterocycles. The molecule has 2 aliphatic rings. The van der Waals surface area contributed by atoms with Crippen LogP contribution in [-0.4, -0.2) is 29.7 Å². The first kappa shape index (κ1) is 11.4. The topological polar surface area (TPSA) is 46.6 Å². The number of ether oxygens (including phenoxy) is 1. The van der Waals surface area contributed by atoms with E-state index in [2.05, 4.69) is 0 Å². The lowest BCUT2D eigenvalue weighted by molar-refractivity contribution is -0.120. The molecule has 0 spiro atoms. The van der Waals surface area contributed by atoms with Crippen molar-refractivity contribution in [1.29, 1.82) is 0 Å². The van der Waals surface area contributed by atoms with Gasteiger partial charge in [0.2, 0.25) is 0 Å². The molecule has 4 heteroatoms. The fraction of sp³-hybridized carbons (Fsp3) is 0.429. The summed E-state index contributed by atoms with van der Waals surface area (Å²) in [5.41, 5.74) is 2.97. The highest BCUT2D eigenvalue weighted by molar-refractivity contribution is 5.95. The van der Waals surface area contributed by atoms with E-state index in [9.17, 15) is 9.59 Å². The molecule has 0 radical (unpaired) electrons. The number of hydrogen-bond acceptors (Lipinski definition) is 3. The Bertz CT molecular complexity index is 500. The maximum Gasteiger partial charge on any atom is 0.253 e. The van der Waals surface area contributed by atoms with Gasteiger partial charge in [-0.25, -0.2) is 0 Å². The van der Waals surface area contributed by atoms with Crippen molar-refractivity contribution < 1.29 is 14.3 Å². The van der Waals surface area contributed by atoms with Gasteiger partial charge in [-0.15, -0.1) is 0 Å². The van der Waals surface area contributed by atoms with Crippen molar-refractivity contribution in [3.63, 3.8) is 0 Å². The zero-order chi connectivity index (χ0) is 12.5. The van der Waals surface area contributed by atoms with Crippen LogP contribution in [0.2, 0.25) is 0 Å². The molecule has 0 N–H and O–H groups in total. The lowest BCUT2D eigenvalue weighted by Gasteiger charge is -2.26. The summed E-state index contributed by atoms with van der Waals surface area (Å²) in [5, 5.41) is 0. The largest absolute Gasteiger partial charge is 0.372 e. The van der Waals surface area contributed by atoms with Crippen LogP contribution >= 0.6 is 0 Å². The van der Waals surface area contributed by atoms with E-state index in [4.69, 9.17) is 4.74 Å². The Morgan fingerprint density at radius 2 is 1.83 bits per heavy atom. The Labute approximate surface area is 106 Å². The summed E-state index contributed by atoms with van der Waals surface area (Å²) in [6, 6.07) is 5.73. The van der Waals surface area contributed by atoms with Crippen LogP contribution in [0.4, 0.5) is 0 Å². The highest BCUT2D eigenvalue weighted by Gasteiger charge is 2.23. The van der Waals surface area contributed by atoms with Crippen molar-refractivity contribution in [2.75, 3.05) is 13.1 Å². The first-order valence-corrected chi connectivity index (χ1v) is 6.24. The normalized spacial score (nSPS) is 18.9. The van der Waals surface area contributed by atoms with Crippen LogP contribution in [0.25, 0.3) is 0 Å². The molecule has 1 amide bonds. The molecule has 18 heavy (non-hydrogen) atoms. The Morgan fingerprint density at radius 3 is 2.61 bits per heavy atom. The number of carbonyl (C=O) groups is 2. The van der Waals surface area contributed by atoms with Crippen LogP contribution in [0.1, 0.15) is 34.3 Å². The predicted molar refractivity (Wildman–Crippen MR) is 65.1 cm³/mol. The molecule has 0 aliphatic carbocycles. The fourth-order valence-corrected chi connectivity index (χ4v) is 2.45. The summed E-state index contributed by atoms with van der Waals surface area (Å²) in [5.74, 6) is 0.276. The number of ketones is 1. The number of nitrogens with zero attached hydrogens (tertiary/aromatic N) is 1. The van der Waals surface area contributed by atoms with Crippen LogP contribution in [0.5, 0.6) is 0 Å².